The van der Waals surface area contributed by atoms with Crippen molar-refractivity contribution in [2.45, 2.75) is 0 Å². The monoisotopic (exact) mass is 203 g/mol. The molecule has 1 aromatic carbocycles. The normalized spacial score (nSPS) is 12.0. The first-order chi connectivity index (χ1) is 7.31. The van der Waals surface area contributed by atoms with E-state index >= 15 is 0 Å². The molecule has 15 heavy (non-hydrogen) atoms. The summed E-state index contributed by atoms with van der Waals surface area (Å²) in [5.74, 6) is -0.562. The maximum Gasteiger partial charge on any atom is 0.126 e. The summed E-state index contributed by atoms with van der Waals surface area (Å²) in [5, 5.41) is 10.5. The second kappa shape index (κ2) is 4.19. The van der Waals surface area contributed by atoms with Crippen molar-refractivity contribution < 1.29 is 9.50 Å². The van der Waals surface area contributed by atoms with Gasteiger partial charge in [-0.3, -0.25) is 4.98 Å². The van der Waals surface area contributed by atoms with Crippen molar-refractivity contribution in [2.75, 3.05) is 6.61 Å². The number of nitrogens with zero attached hydrogens (tertiary/aromatic N) is 1. The molecule has 0 radical (unpaired) electrons. The maximum atomic E-state index is 12.9. The lowest BCUT2D eigenvalue weighted by molar-refractivity contribution is 0.300. The third-order valence-electron chi connectivity index (χ3n) is 2.16. The van der Waals surface area contributed by atoms with Crippen molar-refractivity contribution in [3.8, 4) is 0 Å². The van der Waals surface area contributed by atoms with Gasteiger partial charge in [-0.25, -0.2) is 4.39 Å². The second-order valence-corrected chi connectivity index (χ2v) is 3.20. The Kier molecular flexibility index (Phi) is 2.74. The van der Waals surface area contributed by atoms with Gasteiger partial charge in [0, 0.05) is 23.3 Å². The van der Waals surface area contributed by atoms with E-state index < -0.39 is 12.4 Å². The molecule has 0 saturated heterocycles. The highest BCUT2D eigenvalue weighted by atomic mass is 19.1. The van der Waals surface area contributed by atoms with E-state index in [-0.39, 0.29) is 0 Å². The summed E-state index contributed by atoms with van der Waals surface area (Å²) in [6.07, 6.45) is 4.61. The van der Waals surface area contributed by atoms with E-state index in [1.807, 2.05) is 24.3 Å². The minimum Gasteiger partial charge on any atom is -0.389 e. The molecule has 1 aromatic heterocycles. The van der Waals surface area contributed by atoms with Crippen LogP contribution in [0.3, 0.4) is 0 Å². The third kappa shape index (κ3) is 2.02. The fraction of sp³-hybridized carbons (Fsp3) is 0.0833. The zero-order valence-electron chi connectivity index (χ0n) is 8.02. The molecule has 0 bridgehead atoms. The standard InChI is InChI=1S/C12H10FNO/c13-11(8-15)5-10-7-14-6-9-3-1-2-4-12(9)10/h1-7,15H,8H2. The molecule has 3 heteroatoms. The zero-order valence-corrected chi connectivity index (χ0v) is 8.02. The number of pyridine rings is 1. The first kappa shape index (κ1) is 9.80. The number of aromatic nitrogens is 1. The maximum absolute atomic E-state index is 12.9. The molecule has 0 amide bonds. The van der Waals surface area contributed by atoms with Gasteiger partial charge in [0.1, 0.15) is 5.83 Å². The van der Waals surface area contributed by atoms with Gasteiger partial charge in [0.2, 0.25) is 0 Å². The Labute approximate surface area is 86.7 Å². The summed E-state index contributed by atoms with van der Waals surface area (Å²) in [6.45, 7) is -0.580. The predicted octanol–water partition coefficient (Wildman–Crippen LogP) is 2.54. The molecule has 2 rings (SSSR count). The quantitative estimate of drug-likeness (QED) is 0.813. The summed E-state index contributed by atoms with van der Waals surface area (Å²) in [7, 11) is 0. The molecular formula is C12H10FNO. The van der Waals surface area contributed by atoms with Crippen LogP contribution in [-0.4, -0.2) is 16.7 Å². The number of halogens is 1. The molecule has 0 aliphatic heterocycles. The molecule has 0 fully saturated rings. The Morgan fingerprint density at radius 1 is 1.33 bits per heavy atom. The smallest absolute Gasteiger partial charge is 0.126 e. The number of fused-ring (bicyclic) bond motifs is 1. The van der Waals surface area contributed by atoms with Crippen LogP contribution in [-0.2, 0) is 0 Å². The van der Waals surface area contributed by atoms with Crippen molar-refractivity contribution in [3.05, 3.63) is 48.0 Å². The molecule has 0 atom stereocenters. The van der Waals surface area contributed by atoms with Crippen LogP contribution in [0.4, 0.5) is 4.39 Å². The minimum atomic E-state index is -0.580. The molecule has 0 saturated carbocycles. The van der Waals surface area contributed by atoms with Crippen LogP contribution >= 0.6 is 0 Å². The average molecular weight is 203 g/mol. The zero-order chi connectivity index (χ0) is 10.7. The van der Waals surface area contributed by atoms with Gasteiger partial charge in [-0.1, -0.05) is 24.3 Å². The van der Waals surface area contributed by atoms with Gasteiger partial charge in [0.25, 0.3) is 0 Å². The average Bonchev–Trinajstić information content (AvgIpc) is 2.29. The highest BCUT2D eigenvalue weighted by Gasteiger charge is 1.99. The van der Waals surface area contributed by atoms with E-state index in [4.69, 9.17) is 5.11 Å². The summed E-state index contributed by atoms with van der Waals surface area (Å²) in [5.41, 5.74) is 0.680. The Morgan fingerprint density at radius 2 is 2.13 bits per heavy atom. The molecule has 2 aromatic rings. The van der Waals surface area contributed by atoms with Crippen molar-refractivity contribution >= 4 is 16.8 Å². The van der Waals surface area contributed by atoms with Crippen LogP contribution in [0.1, 0.15) is 5.56 Å². The van der Waals surface area contributed by atoms with Crippen molar-refractivity contribution in [3.63, 3.8) is 0 Å². The molecule has 0 spiro atoms. The van der Waals surface area contributed by atoms with Crippen LogP contribution in [0.25, 0.3) is 16.8 Å². The summed E-state index contributed by atoms with van der Waals surface area (Å²) in [4.78, 5) is 4.01. The fourth-order valence-electron chi connectivity index (χ4n) is 1.47. The molecule has 0 aliphatic rings. The number of rotatable bonds is 2. The van der Waals surface area contributed by atoms with E-state index in [9.17, 15) is 4.39 Å². The lowest BCUT2D eigenvalue weighted by Gasteiger charge is -2.01. The van der Waals surface area contributed by atoms with Gasteiger partial charge in [-0.15, -0.1) is 0 Å². The van der Waals surface area contributed by atoms with Crippen LogP contribution < -0.4 is 0 Å². The predicted molar refractivity (Wildman–Crippen MR) is 57.9 cm³/mol. The largest absolute Gasteiger partial charge is 0.389 e. The fourth-order valence-corrected chi connectivity index (χ4v) is 1.47. The van der Waals surface area contributed by atoms with Crippen LogP contribution in [0.15, 0.2) is 42.5 Å². The van der Waals surface area contributed by atoms with E-state index in [0.29, 0.717) is 5.56 Å². The highest BCUT2D eigenvalue weighted by molar-refractivity contribution is 5.89. The molecule has 0 aliphatic carbocycles. The van der Waals surface area contributed by atoms with Gasteiger partial charge >= 0.3 is 0 Å². The first-order valence-corrected chi connectivity index (χ1v) is 4.61. The highest BCUT2D eigenvalue weighted by Crippen LogP contribution is 2.19. The molecule has 1 N–H and O–H groups in total. The first-order valence-electron chi connectivity index (χ1n) is 4.61. The summed E-state index contributed by atoms with van der Waals surface area (Å²) >= 11 is 0. The Morgan fingerprint density at radius 3 is 2.93 bits per heavy atom. The number of benzene rings is 1. The Balaban J connectivity index is 2.61. The van der Waals surface area contributed by atoms with Crippen LogP contribution in [0.2, 0.25) is 0 Å². The van der Waals surface area contributed by atoms with Crippen molar-refractivity contribution in [1.29, 1.82) is 0 Å². The SMILES string of the molecule is OCC(F)=Cc1cncc2ccccc12. The van der Waals surface area contributed by atoms with E-state index in [2.05, 4.69) is 4.98 Å². The summed E-state index contributed by atoms with van der Waals surface area (Å²) < 4.78 is 12.9. The van der Waals surface area contributed by atoms with Gasteiger partial charge in [-0.2, -0.15) is 0 Å². The second-order valence-electron chi connectivity index (χ2n) is 3.20. The summed E-state index contributed by atoms with van der Waals surface area (Å²) in [6, 6.07) is 7.60. The van der Waals surface area contributed by atoms with Gasteiger partial charge < -0.3 is 5.11 Å². The number of hydrogen-bond donors (Lipinski definition) is 1. The van der Waals surface area contributed by atoms with Gasteiger partial charge in [0.05, 0.1) is 6.61 Å². The Hall–Kier alpha value is -1.74. The van der Waals surface area contributed by atoms with Gasteiger partial charge in [0.15, 0.2) is 0 Å². The van der Waals surface area contributed by atoms with Crippen LogP contribution in [0, 0.1) is 0 Å². The molecule has 2 nitrogen and oxygen atoms in total. The van der Waals surface area contributed by atoms with Crippen molar-refractivity contribution in [2.24, 2.45) is 0 Å². The van der Waals surface area contributed by atoms with E-state index in [1.165, 1.54) is 6.08 Å². The molecule has 76 valence electrons. The molecule has 0 unspecified atom stereocenters. The molecule has 1 heterocycles. The van der Waals surface area contributed by atoms with Gasteiger partial charge in [-0.05, 0) is 11.5 Å². The number of hydrogen-bond acceptors (Lipinski definition) is 2. The van der Waals surface area contributed by atoms with E-state index in [1.54, 1.807) is 12.4 Å². The van der Waals surface area contributed by atoms with E-state index in [0.717, 1.165) is 10.8 Å². The van der Waals surface area contributed by atoms with Crippen LogP contribution in [0.5, 0.6) is 0 Å². The lowest BCUT2D eigenvalue weighted by Crippen LogP contribution is -1.85. The van der Waals surface area contributed by atoms with Crippen molar-refractivity contribution in [1.82, 2.24) is 4.98 Å². The number of aliphatic hydroxyl groups excluding tert-OH is 1. The topological polar surface area (TPSA) is 33.1 Å². The number of aliphatic hydroxyl groups is 1. The Bertz CT molecular complexity index is 502. The minimum absolute atomic E-state index is 0.562. The molecular weight excluding hydrogens is 193 g/mol. The lowest BCUT2D eigenvalue weighted by atomic mass is 10.1. The third-order valence-corrected chi connectivity index (χ3v) is 2.16.